The Labute approximate surface area is 105 Å². The summed E-state index contributed by atoms with van der Waals surface area (Å²) >= 11 is 0. The Morgan fingerprint density at radius 2 is 2.00 bits per heavy atom. The van der Waals surface area contributed by atoms with Crippen LogP contribution in [0.5, 0.6) is 0 Å². The van der Waals surface area contributed by atoms with Crippen LogP contribution in [0.4, 0.5) is 0 Å². The summed E-state index contributed by atoms with van der Waals surface area (Å²) in [6.07, 6.45) is 4.93. The highest BCUT2D eigenvalue weighted by atomic mass is 16.4. The van der Waals surface area contributed by atoms with Crippen LogP contribution in [-0.2, 0) is 15.0 Å². The van der Waals surface area contributed by atoms with Crippen molar-refractivity contribution in [2.24, 2.45) is 5.73 Å². The molecule has 1 amide bonds. The Kier molecular flexibility index (Phi) is 3.19. The zero-order valence-corrected chi connectivity index (χ0v) is 9.93. The van der Waals surface area contributed by atoms with Gasteiger partial charge in [-0.15, -0.1) is 0 Å². The number of hydrogen-bond acceptors (Lipinski definition) is 2. The van der Waals surface area contributed by atoms with Crippen LogP contribution in [0.1, 0.15) is 30.4 Å². The number of carbonyl (C=O) groups is 2. The third kappa shape index (κ3) is 2.27. The van der Waals surface area contributed by atoms with Crippen LogP contribution < -0.4 is 5.73 Å². The van der Waals surface area contributed by atoms with Crippen LogP contribution in [0.15, 0.2) is 30.3 Å². The Hall–Kier alpha value is -2.10. The molecule has 0 heterocycles. The van der Waals surface area contributed by atoms with E-state index in [0.29, 0.717) is 12.8 Å². The largest absolute Gasteiger partial charge is 0.481 e. The monoisotopic (exact) mass is 245 g/mol. The van der Waals surface area contributed by atoms with E-state index in [0.717, 1.165) is 11.1 Å². The van der Waals surface area contributed by atoms with Crippen molar-refractivity contribution in [1.29, 1.82) is 0 Å². The molecule has 3 N–H and O–H groups in total. The molecule has 0 unspecified atom stereocenters. The fraction of sp³-hybridized carbons (Fsp3) is 0.286. The number of carboxylic acid groups (broad SMARTS) is 1. The van der Waals surface area contributed by atoms with Gasteiger partial charge in [-0.3, -0.25) is 9.59 Å². The zero-order valence-electron chi connectivity index (χ0n) is 9.93. The Bertz CT molecular complexity index is 516. The number of carbonyl (C=O) groups excluding carboxylic acids is 1. The molecule has 4 heteroatoms. The maximum Gasteiger partial charge on any atom is 0.314 e. The molecule has 0 bridgehead atoms. The molecule has 0 saturated heterocycles. The van der Waals surface area contributed by atoms with Gasteiger partial charge in [0.15, 0.2) is 0 Å². The fourth-order valence-electron chi connectivity index (χ4n) is 2.10. The van der Waals surface area contributed by atoms with Crippen molar-refractivity contribution < 1.29 is 14.7 Å². The van der Waals surface area contributed by atoms with E-state index in [4.69, 9.17) is 5.73 Å². The van der Waals surface area contributed by atoms with Gasteiger partial charge in [0.25, 0.3) is 0 Å². The molecular formula is C14H15NO3. The van der Waals surface area contributed by atoms with Crippen molar-refractivity contribution in [3.8, 4) is 0 Å². The van der Waals surface area contributed by atoms with Gasteiger partial charge in [0, 0.05) is 6.42 Å². The van der Waals surface area contributed by atoms with E-state index >= 15 is 0 Å². The lowest BCUT2D eigenvalue weighted by atomic mass is 9.91. The van der Waals surface area contributed by atoms with E-state index in [9.17, 15) is 14.7 Å². The number of carboxylic acids is 1. The topological polar surface area (TPSA) is 80.4 Å². The molecule has 0 radical (unpaired) electrons. The number of nitrogens with two attached hydrogens (primary N) is 1. The Morgan fingerprint density at radius 3 is 2.56 bits per heavy atom. The first-order valence-corrected chi connectivity index (χ1v) is 5.84. The summed E-state index contributed by atoms with van der Waals surface area (Å²) < 4.78 is 0. The lowest BCUT2D eigenvalue weighted by Crippen LogP contribution is -2.20. The molecule has 0 aromatic heterocycles. The molecule has 94 valence electrons. The first-order valence-electron chi connectivity index (χ1n) is 5.84. The molecule has 1 aliphatic rings. The number of rotatable bonds is 5. The van der Waals surface area contributed by atoms with Gasteiger partial charge < -0.3 is 10.8 Å². The van der Waals surface area contributed by atoms with Crippen molar-refractivity contribution in [3.63, 3.8) is 0 Å². The van der Waals surface area contributed by atoms with Gasteiger partial charge in [0.1, 0.15) is 0 Å². The highest BCUT2D eigenvalue weighted by Crippen LogP contribution is 2.49. The third-order valence-electron chi connectivity index (χ3n) is 3.25. The highest BCUT2D eigenvalue weighted by molar-refractivity contribution is 5.86. The molecule has 1 fully saturated rings. The molecule has 18 heavy (non-hydrogen) atoms. The van der Waals surface area contributed by atoms with Crippen molar-refractivity contribution in [2.45, 2.75) is 24.7 Å². The summed E-state index contributed by atoms with van der Waals surface area (Å²) in [6, 6.07) is 7.38. The smallest absolute Gasteiger partial charge is 0.314 e. The van der Waals surface area contributed by atoms with Crippen LogP contribution in [0.25, 0.3) is 6.08 Å². The molecule has 1 saturated carbocycles. The number of amides is 1. The molecule has 4 nitrogen and oxygen atoms in total. The summed E-state index contributed by atoms with van der Waals surface area (Å²) in [4.78, 5) is 22.0. The molecular weight excluding hydrogens is 230 g/mol. The van der Waals surface area contributed by atoms with E-state index in [1.807, 2.05) is 24.3 Å². The molecule has 1 aliphatic carbocycles. The van der Waals surface area contributed by atoms with Crippen molar-refractivity contribution in [2.75, 3.05) is 0 Å². The molecule has 2 rings (SSSR count). The maximum atomic E-state index is 11.3. The van der Waals surface area contributed by atoms with Crippen LogP contribution in [0.2, 0.25) is 0 Å². The van der Waals surface area contributed by atoms with Gasteiger partial charge >= 0.3 is 5.97 Å². The predicted octanol–water partition coefficient (Wildman–Crippen LogP) is 1.69. The Morgan fingerprint density at radius 1 is 1.33 bits per heavy atom. The predicted molar refractivity (Wildman–Crippen MR) is 67.8 cm³/mol. The van der Waals surface area contributed by atoms with E-state index in [1.165, 1.54) is 0 Å². The van der Waals surface area contributed by atoms with Gasteiger partial charge in [0.05, 0.1) is 5.41 Å². The summed E-state index contributed by atoms with van der Waals surface area (Å²) in [5, 5.41) is 9.30. The normalized spacial score (nSPS) is 16.7. The molecule has 0 aliphatic heterocycles. The fourth-order valence-corrected chi connectivity index (χ4v) is 2.10. The standard InChI is InChI=1S/C14H15NO3/c15-12(16)7-3-5-10-4-1-2-6-11(10)14(8-9-14)13(17)18/h1-6H,7-9H2,(H2,15,16)(H,17,18). The third-order valence-corrected chi connectivity index (χ3v) is 3.25. The minimum atomic E-state index is -0.779. The molecule has 1 aromatic carbocycles. The van der Waals surface area contributed by atoms with Crippen LogP contribution in [0.3, 0.4) is 0 Å². The first kappa shape index (κ1) is 12.4. The van der Waals surface area contributed by atoms with E-state index < -0.39 is 17.3 Å². The number of primary amides is 1. The molecule has 0 atom stereocenters. The molecule has 0 spiro atoms. The zero-order chi connectivity index (χ0) is 13.2. The van der Waals surface area contributed by atoms with Crippen LogP contribution >= 0.6 is 0 Å². The average molecular weight is 245 g/mol. The molecule has 1 aromatic rings. The van der Waals surface area contributed by atoms with E-state index in [-0.39, 0.29) is 6.42 Å². The van der Waals surface area contributed by atoms with E-state index in [1.54, 1.807) is 12.2 Å². The maximum absolute atomic E-state index is 11.3. The minimum absolute atomic E-state index is 0.161. The number of benzene rings is 1. The van der Waals surface area contributed by atoms with E-state index in [2.05, 4.69) is 0 Å². The second-order valence-electron chi connectivity index (χ2n) is 4.55. The SMILES string of the molecule is NC(=O)CC=Cc1ccccc1C1(C(=O)O)CC1. The van der Waals surface area contributed by atoms with Gasteiger partial charge in [0.2, 0.25) is 5.91 Å². The first-order chi connectivity index (χ1) is 8.56. The second kappa shape index (κ2) is 4.64. The highest BCUT2D eigenvalue weighted by Gasteiger charge is 2.52. The number of aliphatic carboxylic acids is 1. The lowest BCUT2D eigenvalue weighted by molar-refractivity contribution is -0.140. The average Bonchev–Trinajstić information content (AvgIpc) is 3.10. The summed E-state index contributed by atoms with van der Waals surface area (Å²) in [5.74, 6) is -1.18. The summed E-state index contributed by atoms with van der Waals surface area (Å²) in [5.41, 5.74) is 5.99. The van der Waals surface area contributed by atoms with Crippen LogP contribution in [0, 0.1) is 0 Å². The van der Waals surface area contributed by atoms with Crippen LogP contribution in [-0.4, -0.2) is 17.0 Å². The second-order valence-corrected chi connectivity index (χ2v) is 4.55. The van der Waals surface area contributed by atoms with Gasteiger partial charge in [-0.1, -0.05) is 36.4 Å². The summed E-state index contributed by atoms with van der Waals surface area (Å²) in [6.45, 7) is 0. The minimum Gasteiger partial charge on any atom is -0.481 e. The van der Waals surface area contributed by atoms with Crippen molar-refractivity contribution >= 4 is 18.0 Å². The lowest BCUT2D eigenvalue weighted by Gasteiger charge is -2.13. The van der Waals surface area contributed by atoms with Gasteiger partial charge in [-0.2, -0.15) is 0 Å². The van der Waals surface area contributed by atoms with Crippen molar-refractivity contribution in [1.82, 2.24) is 0 Å². The Balaban J connectivity index is 2.29. The van der Waals surface area contributed by atoms with Gasteiger partial charge in [-0.05, 0) is 24.0 Å². The summed E-state index contributed by atoms with van der Waals surface area (Å²) in [7, 11) is 0. The van der Waals surface area contributed by atoms with Crippen molar-refractivity contribution in [3.05, 3.63) is 41.5 Å². The number of hydrogen-bond donors (Lipinski definition) is 2. The quantitative estimate of drug-likeness (QED) is 0.828. The van der Waals surface area contributed by atoms with Gasteiger partial charge in [-0.25, -0.2) is 0 Å².